The van der Waals surface area contributed by atoms with Crippen molar-refractivity contribution in [2.45, 2.75) is 22.5 Å². The minimum atomic E-state index is -1.04. The fraction of sp³-hybridized carbons (Fsp3) is 0.143. The third-order valence-corrected chi connectivity index (χ3v) is 5.91. The minimum absolute atomic E-state index is 0.200. The van der Waals surface area contributed by atoms with Gasteiger partial charge in [0, 0.05) is 10.6 Å². The van der Waals surface area contributed by atoms with E-state index in [-0.39, 0.29) is 19.0 Å². The lowest BCUT2D eigenvalue weighted by Crippen LogP contribution is -2.32. The number of carboxylic acid groups (broad SMARTS) is 1. The SMILES string of the molecule is Nc1ncnc2c1nc(Sc1ccc3c(c1)OCO3)n2-c1ccc(C[C@H](N)C(=O)O)cc1. The number of imidazole rings is 1. The predicted octanol–water partition coefficient (Wildman–Crippen LogP) is 2.23. The summed E-state index contributed by atoms with van der Waals surface area (Å²) in [5, 5.41) is 9.68. The molecule has 0 radical (unpaired) electrons. The molecular weight excluding hydrogens is 432 g/mol. The van der Waals surface area contributed by atoms with Crippen LogP contribution in [0, 0.1) is 0 Å². The summed E-state index contributed by atoms with van der Waals surface area (Å²) in [4.78, 5) is 25.1. The van der Waals surface area contributed by atoms with Gasteiger partial charge < -0.3 is 26.0 Å². The van der Waals surface area contributed by atoms with E-state index in [0.29, 0.717) is 27.8 Å². The summed E-state index contributed by atoms with van der Waals surface area (Å²) in [6.45, 7) is 0.200. The lowest BCUT2D eigenvalue weighted by molar-refractivity contribution is -0.138. The predicted molar refractivity (Wildman–Crippen MR) is 117 cm³/mol. The van der Waals surface area contributed by atoms with E-state index < -0.39 is 12.0 Å². The largest absolute Gasteiger partial charge is 0.480 e. The molecule has 0 bridgehead atoms. The van der Waals surface area contributed by atoms with Gasteiger partial charge in [-0.3, -0.25) is 9.36 Å². The molecule has 11 heteroatoms. The van der Waals surface area contributed by atoms with Gasteiger partial charge in [0.05, 0.1) is 0 Å². The van der Waals surface area contributed by atoms with Crippen LogP contribution in [0.4, 0.5) is 5.82 Å². The highest BCUT2D eigenvalue weighted by Crippen LogP contribution is 2.39. The number of benzene rings is 2. The molecule has 0 spiro atoms. The van der Waals surface area contributed by atoms with Crippen LogP contribution in [-0.2, 0) is 11.2 Å². The molecule has 10 nitrogen and oxygen atoms in total. The number of hydrogen-bond acceptors (Lipinski definition) is 9. The van der Waals surface area contributed by atoms with Crippen LogP contribution in [0.15, 0.2) is 58.8 Å². The fourth-order valence-electron chi connectivity index (χ4n) is 3.36. The van der Waals surface area contributed by atoms with Crippen molar-refractivity contribution in [3.05, 3.63) is 54.4 Å². The first-order chi connectivity index (χ1) is 15.5. The van der Waals surface area contributed by atoms with Crippen molar-refractivity contribution < 1.29 is 19.4 Å². The van der Waals surface area contributed by atoms with Gasteiger partial charge in [0.15, 0.2) is 33.6 Å². The molecule has 162 valence electrons. The van der Waals surface area contributed by atoms with Crippen LogP contribution in [0.3, 0.4) is 0 Å². The number of aromatic nitrogens is 4. The van der Waals surface area contributed by atoms with Crippen molar-refractivity contribution in [3.63, 3.8) is 0 Å². The van der Waals surface area contributed by atoms with Crippen molar-refractivity contribution in [2.75, 3.05) is 12.5 Å². The molecule has 1 aliphatic heterocycles. The molecule has 32 heavy (non-hydrogen) atoms. The van der Waals surface area contributed by atoms with Crippen LogP contribution in [0.2, 0.25) is 0 Å². The topological polar surface area (TPSA) is 151 Å². The standard InChI is InChI=1S/C21H18N6O4S/c22-14(20(28)29)7-11-1-3-12(4-2-11)27-19-17(18(23)24-9-25-19)26-21(27)32-13-5-6-15-16(8-13)31-10-30-15/h1-6,8-9,14H,7,10,22H2,(H,28,29)(H2,23,24,25)/t14-/m0/s1. The van der Waals surface area contributed by atoms with Gasteiger partial charge in [0.1, 0.15) is 12.4 Å². The van der Waals surface area contributed by atoms with Gasteiger partial charge in [0.25, 0.3) is 0 Å². The Morgan fingerprint density at radius 1 is 1.16 bits per heavy atom. The number of rotatable bonds is 6. The van der Waals surface area contributed by atoms with Crippen molar-refractivity contribution in [3.8, 4) is 17.2 Å². The summed E-state index contributed by atoms with van der Waals surface area (Å²) in [5.74, 6) is 0.624. The van der Waals surface area contributed by atoms with E-state index in [2.05, 4.69) is 15.0 Å². The average molecular weight is 450 g/mol. The third-order valence-electron chi connectivity index (χ3n) is 4.96. The molecular formula is C21H18N6O4S. The number of nitrogens with zero attached hydrogens (tertiary/aromatic N) is 4. The number of ether oxygens (including phenoxy) is 2. The quantitative estimate of drug-likeness (QED) is 0.399. The highest BCUT2D eigenvalue weighted by molar-refractivity contribution is 7.99. The molecule has 3 heterocycles. The Morgan fingerprint density at radius 3 is 2.72 bits per heavy atom. The maximum Gasteiger partial charge on any atom is 0.320 e. The lowest BCUT2D eigenvalue weighted by atomic mass is 10.1. The van der Waals surface area contributed by atoms with E-state index in [9.17, 15) is 4.79 Å². The first-order valence-corrected chi connectivity index (χ1v) is 10.5. The van der Waals surface area contributed by atoms with E-state index in [0.717, 1.165) is 16.1 Å². The second-order valence-corrected chi connectivity index (χ2v) is 8.13. The second kappa shape index (κ2) is 8.02. The molecule has 2 aromatic carbocycles. The molecule has 0 saturated heterocycles. The Kier molecular flexibility index (Phi) is 5.04. The zero-order valence-electron chi connectivity index (χ0n) is 16.6. The van der Waals surface area contributed by atoms with Gasteiger partial charge in [-0.1, -0.05) is 23.9 Å². The van der Waals surface area contributed by atoms with Crippen LogP contribution in [0.25, 0.3) is 16.9 Å². The summed E-state index contributed by atoms with van der Waals surface area (Å²) in [7, 11) is 0. The number of carboxylic acids is 1. The van der Waals surface area contributed by atoms with Crippen molar-refractivity contribution in [2.24, 2.45) is 5.73 Å². The van der Waals surface area contributed by atoms with Crippen LogP contribution in [-0.4, -0.2) is 43.4 Å². The molecule has 1 atom stereocenters. The van der Waals surface area contributed by atoms with Crippen molar-refractivity contribution in [1.82, 2.24) is 19.5 Å². The number of nitrogens with two attached hydrogens (primary N) is 2. The van der Waals surface area contributed by atoms with Crippen LogP contribution in [0.5, 0.6) is 11.5 Å². The Balaban J connectivity index is 1.54. The Morgan fingerprint density at radius 2 is 1.94 bits per heavy atom. The Labute approximate surface area is 186 Å². The maximum absolute atomic E-state index is 11.0. The van der Waals surface area contributed by atoms with Crippen LogP contribution >= 0.6 is 11.8 Å². The van der Waals surface area contributed by atoms with Crippen LogP contribution < -0.4 is 20.9 Å². The number of anilines is 1. The normalized spacial score (nSPS) is 13.4. The molecule has 4 aromatic rings. The smallest absolute Gasteiger partial charge is 0.320 e. The average Bonchev–Trinajstić information content (AvgIpc) is 3.39. The van der Waals surface area contributed by atoms with E-state index in [1.54, 1.807) is 0 Å². The van der Waals surface area contributed by atoms with Gasteiger partial charge in [0.2, 0.25) is 6.79 Å². The Bertz CT molecular complexity index is 1320. The Hall–Kier alpha value is -3.83. The monoisotopic (exact) mass is 450 g/mol. The molecule has 0 amide bonds. The summed E-state index contributed by atoms with van der Waals surface area (Å²) in [5.41, 5.74) is 14.4. The molecule has 2 aromatic heterocycles. The lowest BCUT2D eigenvalue weighted by Gasteiger charge is -2.11. The number of carbonyl (C=O) groups is 1. The van der Waals surface area contributed by atoms with Crippen LogP contribution in [0.1, 0.15) is 5.56 Å². The number of fused-ring (bicyclic) bond motifs is 2. The number of aliphatic carboxylic acids is 1. The van der Waals surface area contributed by atoms with Gasteiger partial charge >= 0.3 is 5.97 Å². The molecule has 0 fully saturated rings. The molecule has 0 unspecified atom stereocenters. The van der Waals surface area contributed by atoms with E-state index in [1.807, 2.05) is 47.0 Å². The zero-order chi connectivity index (χ0) is 22.2. The van der Waals surface area contributed by atoms with E-state index >= 15 is 0 Å². The number of nitrogen functional groups attached to an aromatic ring is 1. The molecule has 5 rings (SSSR count). The highest BCUT2D eigenvalue weighted by Gasteiger charge is 2.20. The maximum atomic E-state index is 11.0. The highest BCUT2D eigenvalue weighted by atomic mass is 32.2. The summed E-state index contributed by atoms with van der Waals surface area (Å²) in [6.07, 6.45) is 1.62. The minimum Gasteiger partial charge on any atom is -0.480 e. The first kappa shape index (κ1) is 20.1. The molecule has 0 saturated carbocycles. The third kappa shape index (κ3) is 3.67. The van der Waals surface area contributed by atoms with Gasteiger partial charge in [-0.25, -0.2) is 15.0 Å². The second-order valence-electron chi connectivity index (χ2n) is 7.09. The van der Waals surface area contributed by atoms with Gasteiger partial charge in [-0.05, 0) is 42.3 Å². The van der Waals surface area contributed by atoms with Crippen molar-refractivity contribution in [1.29, 1.82) is 0 Å². The number of hydrogen-bond donors (Lipinski definition) is 3. The summed E-state index contributed by atoms with van der Waals surface area (Å²) < 4.78 is 12.7. The fourth-order valence-corrected chi connectivity index (χ4v) is 4.29. The van der Waals surface area contributed by atoms with E-state index in [1.165, 1.54) is 18.1 Å². The summed E-state index contributed by atoms with van der Waals surface area (Å²) >= 11 is 1.42. The zero-order valence-corrected chi connectivity index (χ0v) is 17.5. The molecule has 1 aliphatic rings. The van der Waals surface area contributed by atoms with E-state index in [4.69, 9.17) is 26.0 Å². The molecule has 0 aliphatic carbocycles. The van der Waals surface area contributed by atoms with Crippen molar-refractivity contribution >= 4 is 34.7 Å². The first-order valence-electron chi connectivity index (χ1n) is 9.64. The van der Waals surface area contributed by atoms with Gasteiger partial charge in [-0.15, -0.1) is 0 Å². The molecule has 5 N–H and O–H groups in total. The summed E-state index contributed by atoms with van der Waals surface area (Å²) in [6, 6.07) is 12.1. The van der Waals surface area contributed by atoms with Gasteiger partial charge in [-0.2, -0.15) is 0 Å².